The van der Waals surface area contributed by atoms with Crippen LogP contribution in [0.4, 0.5) is 0 Å². The molecule has 4 fully saturated rings. The summed E-state index contributed by atoms with van der Waals surface area (Å²) >= 11 is 0. The second kappa shape index (κ2) is 11.4. The lowest BCUT2D eigenvalue weighted by molar-refractivity contribution is -0.282. The molecule has 1 unspecified atom stereocenters. The molecule has 1 spiro atoms. The molecule has 2 saturated heterocycles. The molecule has 1 N–H and O–H groups in total. The first-order valence-corrected chi connectivity index (χ1v) is 16.1. The molecule has 2 saturated carbocycles. The van der Waals surface area contributed by atoms with E-state index in [9.17, 15) is 29.1 Å². The van der Waals surface area contributed by atoms with E-state index in [-0.39, 0.29) is 29.7 Å². The third-order valence-corrected chi connectivity index (χ3v) is 10.6. The average molecular weight is 658 g/mol. The SMILES string of the molecule is COC(=O)C1O[C@@H](Oc2ccc3c4c2O[C@H]2C(=O)CC[C@@]5(O)[C@@H](C3)N(CC3CC3)CC[C@]425)[C@@H](OC(C)=O)[C@@H](OC(C)=O)[C@@H]1OC(C)=O. The fourth-order valence-electron chi connectivity index (χ4n) is 8.65. The third kappa shape index (κ3) is 4.98. The minimum atomic E-state index is -1.64. The average Bonchev–Trinajstić information content (AvgIpc) is 3.75. The van der Waals surface area contributed by atoms with Crippen LogP contribution in [0, 0.1) is 5.92 Å². The van der Waals surface area contributed by atoms with Crippen LogP contribution in [0.2, 0.25) is 0 Å². The lowest BCUT2D eigenvalue weighted by Crippen LogP contribution is -2.76. The van der Waals surface area contributed by atoms with Gasteiger partial charge in [0.2, 0.25) is 12.4 Å². The maximum Gasteiger partial charge on any atom is 0.339 e. The zero-order valence-electron chi connectivity index (χ0n) is 26.7. The molecule has 6 aliphatic rings. The summed E-state index contributed by atoms with van der Waals surface area (Å²) in [5, 5.41) is 12.6. The summed E-state index contributed by atoms with van der Waals surface area (Å²) in [4.78, 5) is 65.4. The Hall–Kier alpha value is -3.75. The van der Waals surface area contributed by atoms with Gasteiger partial charge in [0, 0.05) is 45.3 Å². The zero-order chi connectivity index (χ0) is 33.4. The van der Waals surface area contributed by atoms with Crippen LogP contribution < -0.4 is 9.47 Å². The smallest absolute Gasteiger partial charge is 0.339 e. The number of aliphatic hydroxyl groups is 1. The molecule has 0 radical (unpaired) electrons. The minimum absolute atomic E-state index is 0.101. The summed E-state index contributed by atoms with van der Waals surface area (Å²) in [6.07, 6.45) is -4.78. The molecule has 7 rings (SSSR count). The van der Waals surface area contributed by atoms with Crippen LogP contribution in [-0.4, -0.2) is 108 Å². The number of esters is 4. The van der Waals surface area contributed by atoms with Gasteiger partial charge in [0.1, 0.15) is 0 Å². The van der Waals surface area contributed by atoms with Gasteiger partial charge in [0.15, 0.2) is 41.7 Å². The van der Waals surface area contributed by atoms with Gasteiger partial charge in [0.05, 0.1) is 18.1 Å². The fourth-order valence-corrected chi connectivity index (χ4v) is 8.65. The van der Waals surface area contributed by atoms with Gasteiger partial charge in [-0.3, -0.25) is 24.1 Å². The van der Waals surface area contributed by atoms with Gasteiger partial charge in [-0.25, -0.2) is 4.79 Å². The van der Waals surface area contributed by atoms with Crippen molar-refractivity contribution in [3.63, 3.8) is 0 Å². The number of ketones is 1. The first-order chi connectivity index (χ1) is 22.4. The van der Waals surface area contributed by atoms with Crippen molar-refractivity contribution in [3.8, 4) is 11.5 Å². The molecule has 0 amide bonds. The standard InChI is InChI=1S/C33H39NO13/c1-15(35)42-25-26(43-16(2)36)28(44-17(3)37)31(47-27(25)30(39)41-4)45-21-8-7-19-13-22-33(40)10-9-20(38)29-32(33,23(19)24(21)46-29)11-12-34(22)14-18-5-6-18/h7-8,18,22,25-29,31,40H,5-6,9-14H2,1-4H3/t22-,25+,26+,27?,28+,29+,31-,32+,33-/m1/s1. The molecule has 3 aliphatic heterocycles. The van der Waals surface area contributed by atoms with E-state index in [0.29, 0.717) is 31.7 Å². The number of hydrogen-bond donors (Lipinski definition) is 1. The molecule has 1 aromatic carbocycles. The van der Waals surface area contributed by atoms with E-state index in [1.807, 2.05) is 6.07 Å². The molecule has 9 atom stereocenters. The summed E-state index contributed by atoms with van der Waals surface area (Å²) in [5.41, 5.74) is -0.518. The maximum atomic E-state index is 13.5. The van der Waals surface area contributed by atoms with Gasteiger partial charge < -0.3 is 38.3 Å². The molecule has 47 heavy (non-hydrogen) atoms. The number of rotatable bonds is 8. The number of likely N-dealkylation sites (tertiary alicyclic amines) is 1. The Labute approximate surface area is 270 Å². The Kier molecular flexibility index (Phi) is 7.75. The number of Topliss-reactive ketones (excluding diaryl/α,β-unsaturated/α-hetero) is 1. The van der Waals surface area contributed by atoms with E-state index in [2.05, 4.69) is 4.90 Å². The molecular formula is C33H39NO13. The number of benzene rings is 1. The highest BCUT2D eigenvalue weighted by Gasteiger charge is 2.73. The van der Waals surface area contributed by atoms with Gasteiger partial charge in [-0.2, -0.15) is 0 Å². The number of hydrogen-bond acceptors (Lipinski definition) is 14. The van der Waals surface area contributed by atoms with Gasteiger partial charge >= 0.3 is 23.9 Å². The van der Waals surface area contributed by atoms with Crippen molar-refractivity contribution >= 4 is 29.7 Å². The minimum Gasteiger partial charge on any atom is -0.477 e. The van der Waals surface area contributed by atoms with E-state index in [4.69, 9.17) is 33.2 Å². The van der Waals surface area contributed by atoms with Crippen molar-refractivity contribution in [2.45, 2.75) is 113 Å². The van der Waals surface area contributed by atoms with Gasteiger partial charge in [0.25, 0.3) is 0 Å². The number of methoxy groups -OCH3 is 1. The first kappa shape index (κ1) is 31.8. The molecular weight excluding hydrogens is 618 g/mol. The molecule has 1 aromatic rings. The van der Waals surface area contributed by atoms with Crippen molar-refractivity contribution in [3.05, 3.63) is 23.3 Å². The van der Waals surface area contributed by atoms with Crippen molar-refractivity contribution in [1.29, 1.82) is 0 Å². The maximum absolute atomic E-state index is 13.5. The molecule has 3 heterocycles. The Morgan fingerprint density at radius 1 is 0.979 bits per heavy atom. The zero-order valence-corrected chi connectivity index (χ0v) is 26.7. The Morgan fingerprint density at radius 3 is 2.32 bits per heavy atom. The van der Waals surface area contributed by atoms with Crippen LogP contribution in [0.15, 0.2) is 12.1 Å². The normalized spacial score (nSPS) is 36.8. The van der Waals surface area contributed by atoms with E-state index in [1.165, 1.54) is 12.8 Å². The van der Waals surface area contributed by atoms with Crippen LogP contribution in [-0.2, 0) is 59.5 Å². The fraction of sp³-hybridized carbons (Fsp3) is 0.667. The van der Waals surface area contributed by atoms with Crippen molar-refractivity contribution < 1.29 is 62.2 Å². The Morgan fingerprint density at radius 2 is 1.66 bits per heavy atom. The Balaban J connectivity index is 1.29. The van der Waals surface area contributed by atoms with Gasteiger partial charge in [-0.05, 0) is 56.2 Å². The van der Waals surface area contributed by atoms with Gasteiger partial charge in [-0.15, -0.1) is 0 Å². The highest BCUT2D eigenvalue weighted by Crippen LogP contribution is 2.65. The number of carbonyl (C=O) groups is 5. The topological polar surface area (TPSA) is 173 Å². The lowest BCUT2D eigenvalue weighted by atomic mass is 9.49. The van der Waals surface area contributed by atoms with E-state index in [0.717, 1.165) is 45.6 Å². The number of nitrogens with zero attached hydrogens (tertiary/aromatic N) is 1. The second-order valence-corrected chi connectivity index (χ2v) is 13.5. The summed E-state index contributed by atoms with van der Waals surface area (Å²) in [6, 6.07) is 3.36. The predicted octanol–water partition coefficient (Wildman–Crippen LogP) is 0.892. The van der Waals surface area contributed by atoms with Crippen molar-refractivity contribution in [2.24, 2.45) is 5.92 Å². The number of carbonyl (C=O) groups excluding carboxylic acids is 5. The first-order valence-electron chi connectivity index (χ1n) is 16.1. The quantitative estimate of drug-likeness (QED) is 0.308. The van der Waals surface area contributed by atoms with Gasteiger partial charge in [-0.1, -0.05) is 6.07 Å². The Bertz CT molecular complexity index is 1520. The largest absolute Gasteiger partial charge is 0.477 e. The molecule has 0 aromatic heterocycles. The monoisotopic (exact) mass is 657 g/mol. The third-order valence-electron chi connectivity index (χ3n) is 10.6. The number of ether oxygens (including phenoxy) is 7. The van der Waals surface area contributed by atoms with E-state index in [1.54, 1.807) is 6.07 Å². The molecule has 14 heteroatoms. The molecule has 14 nitrogen and oxygen atoms in total. The highest BCUT2D eigenvalue weighted by molar-refractivity contribution is 5.90. The number of piperidine rings is 1. The summed E-state index contributed by atoms with van der Waals surface area (Å²) < 4.78 is 40.0. The van der Waals surface area contributed by atoms with Crippen LogP contribution in [0.3, 0.4) is 0 Å². The van der Waals surface area contributed by atoms with E-state index < -0.39 is 71.7 Å². The second-order valence-electron chi connectivity index (χ2n) is 13.5. The van der Waals surface area contributed by atoms with Crippen LogP contribution in [0.1, 0.15) is 64.0 Å². The highest BCUT2D eigenvalue weighted by atomic mass is 16.7. The summed E-state index contributed by atoms with van der Waals surface area (Å²) in [7, 11) is 1.10. The lowest BCUT2D eigenvalue weighted by Gasteiger charge is -2.62. The predicted molar refractivity (Wildman–Crippen MR) is 156 cm³/mol. The van der Waals surface area contributed by atoms with Crippen molar-refractivity contribution in [1.82, 2.24) is 4.90 Å². The van der Waals surface area contributed by atoms with E-state index >= 15 is 0 Å². The van der Waals surface area contributed by atoms with Crippen molar-refractivity contribution in [2.75, 3.05) is 20.2 Å². The van der Waals surface area contributed by atoms with Crippen LogP contribution in [0.5, 0.6) is 11.5 Å². The molecule has 3 aliphatic carbocycles. The molecule has 254 valence electrons. The summed E-state index contributed by atoms with van der Waals surface area (Å²) in [6.45, 7) is 4.95. The summed E-state index contributed by atoms with van der Waals surface area (Å²) in [5.74, 6) is -2.48. The van der Waals surface area contributed by atoms with Crippen LogP contribution >= 0.6 is 0 Å². The molecule has 2 bridgehead atoms. The van der Waals surface area contributed by atoms with Crippen LogP contribution in [0.25, 0.3) is 0 Å².